The fourth-order valence-corrected chi connectivity index (χ4v) is 6.44. The number of sulfonamides is 1. The van der Waals surface area contributed by atoms with Crippen molar-refractivity contribution in [3.8, 4) is 6.07 Å². The standard InChI is InChI=1S/C28H40ClN9O3S/c1-3-22-19-37(27-25(29)34-24(26(31)35-27)28(39)32-11-4-12-33-42(2,40)41)15-16-38(22)23-9-13-36(14-10-23)18-21-7-5-20(17-30)6-8-21/h5-8,22-23,33H,3-4,9-16,18-19H2,1-2H3,(H2,31,35)(H,32,39)/t22-/m0/s1. The van der Waals surface area contributed by atoms with E-state index in [-0.39, 0.29) is 29.8 Å². The molecular formula is C28H40ClN9O3S. The number of hydrogen-bond donors (Lipinski definition) is 3. The highest BCUT2D eigenvalue weighted by Gasteiger charge is 2.34. The summed E-state index contributed by atoms with van der Waals surface area (Å²) in [6.45, 7) is 7.97. The fraction of sp³-hybridized carbons (Fsp3) is 0.571. The summed E-state index contributed by atoms with van der Waals surface area (Å²) in [6, 6.07) is 10.9. The van der Waals surface area contributed by atoms with E-state index in [0.29, 0.717) is 29.9 Å². The molecule has 2 aliphatic heterocycles. The summed E-state index contributed by atoms with van der Waals surface area (Å²) < 4.78 is 24.7. The van der Waals surface area contributed by atoms with E-state index >= 15 is 0 Å². The maximum atomic E-state index is 12.6. The predicted octanol–water partition coefficient (Wildman–Crippen LogP) is 1.82. The quantitative estimate of drug-likeness (QED) is 0.317. The molecule has 0 spiro atoms. The summed E-state index contributed by atoms with van der Waals surface area (Å²) in [7, 11) is -3.28. The molecule has 3 heterocycles. The molecule has 42 heavy (non-hydrogen) atoms. The van der Waals surface area contributed by atoms with Gasteiger partial charge in [0.1, 0.15) is 0 Å². The van der Waals surface area contributed by atoms with Crippen LogP contribution in [0.1, 0.15) is 54.2 Å². The minimum absolute atomic E-state index is 0.00581. The maximum absolute atomic E-state index is 12.6. The smallest absolute Gasteiger partial charge is 0.273 e. The number of anilines is 2. The zero-order chi connectivity index (χ0) is 30.3. The van der Waals surface area contributed by atoms with Crippen LogP contribution in [0.2, 0.25) is 5.15 Å². The molecule has 0 aliphatic carbocycles. The molecule has 1 aromatic carbocycles. The molecule has 2 fully saturated rings. The van der Waals surface area contributed by atoms with Gasteiger partial charge in [0, 0.05) is 51.4 Å². The van der Waals surface area contributed by atoms with Crippen molar-refractivity contribution in [1.29, 1.82) is 5.26 Å². The van der Waals surface area contributed by atoms with Crippen molar-refractivity contribution in [2.45, 2.75) is 51.2 Å². The SMILES string of the molecule is CC[C@H]1CN(c2nc(N)c(C(=O)NCCCNS(C)(=O)=O)nc2Cl)CCN1C1CCN(Cc2ccc(C#N)cc2)CC1. The third-order valence-electron chi connectivity index (χ3n) is 7.90. The van der Waals surface area contributed by atoms with Crippen LogP contribution in [0.25, 0.3) is 0 Å². The lowest BCUT2D eigenvalue weighted by Crippen LogP contribution is -2.58. The average Bonchev–Trinajstić information content (AvgIpc) is 2.97. The molecular weight excluding hydrogens is 578 g/mol. The van der Waals surface area contributed by atoms with Crippen molar-refractivity contribution < 1.29 is 13.2 Å². The van der Waals surface area contributed by atoms with Gasteiger partial charge in [0.05, 0.1) is 17.9 Å². The molecule has 2 saturated heterocycles. The highest BCUT2D eigenvalue weighted by atomic mass is 35.5. The van der Waals surface area contributed by atoms with Crippen LogP contribution in [0.15, 0.2) is 24.3 Å². The molecule has 2 aliphatic rings. The number of piperazine rings is 1. The molecule has 0 radical (unpaired) electrons. The van der Waals surface area contributed by atoms with Crippen molar-refractivity contribution in [2.75, 3.05) is 62.7 Å². The lowest BCUT2D eigenvalue weighted by molar-refractivity contribution is 0.0610. The second-order valence-corrected chi connectivity index (χ2v) is 13.1. The van der Waals surface area contributed by atoms with E-state index in [1.807, 2.05) is 24.3 Å². The van der Waals surface area contributed by atoms with Gasteiger partial charge in [-0.15, -0.1) is 0 Å². The first-order chi connectivity index (χ1) is 20.1. The lowest BCUT2D eigenvalue weighted by Gasteiger charge is -2.47. The third-order valence-corrected chi connectivity index (χ3v) is 8.88. The number of likely N-dealkylation sites (tertiary alicyclic amines) is 1. The van der Waals surface area contributed by atoms with Crippen LogP contribution in [0.5, 0.6) is 0 Å². The lowest BCUT2D eigenvalue weighted by atomic mass is 9.97. The van der Waals surface area contributed by atoms with Crippen LogP contribution in [-0.4, -0.2) is 98.2 Å². The van der Waals surface area contributed by atoms with Gasteiger partial charge in [0.25, 0.3) is 5.91 Å². The number of nitrogens with one attached hydrogen (secondary N) is 2. The normalized spacial score (nSPS) is 19.0. The zero-order valence-corrected chi connectivity index (χ0v) is 25.8. The van der Waals surface area contributed by atoms with Gasteiger partial charge in [-0.2, -0.15) is 5.26 Å². The Morgan fingerprint density at radius 2 is 1.86 bits per heavy atom. The first-order valence-corrected chi connectivity index (χ1v) is 16.6. The van der Waals surface area contributed by atoms with Gasteiger partial charge >= 0.3 is 0 Å². The van der Waals surface area contributed by atoms with E-state index < -0.39 is 15.9 Å². The second-order valence-electron chi connectivity index (χ2n) is 10.9. The van der Waals surface area contributed by atoms with Gasteiger partial charge in [0.15, 0.2) is 22.5 Å². The maximum Gasteiger partial charge on any atom is 0.273 e. The fourth-order valence-electron chi connectivity index (χ4n) is 5.68. The number of carbonyl (C=O) groups is 1. The number of piperidine rings is 1. The van der Waals surface area contributed by atoms with Crippen molar-refractivity contribution in [2.24, 2.45) is 0 Å². The number of halogens is 1. The molecule has 14 heteroatoms. The largest absolute Gasteiger partial charge is 0.382 e. The van der Waals surface area contributed by atoms with E-state index in [9.17, 15) is 13.2 Å². The van der Waals surface area contributed by atoms with Crippen LogP contribution in [-0.2, 0) is 16.6 Å². The number of aromatic nitrogens is 2. The molecule has 228 valence electrons. The van der Waals surface area contributed by atoms with Gasteiger partial charge < -0.3 is 16.0 Å². The predicted molar refractivity (Wildman–Crippen MR) is 164 cm³/mol. The Bertz CT molecular complexity index is 1380. The Balaban J connectivity index is 1.30. The van der Waals surface area contributed by atoms with Crippen LogP contribution < -0.4 is 20.7 Å². The van der Waals surface area contributed by atoms with Crippen LogP contribution in [0.3, 0.4) is 0 Å². The van der Waals surface area contributed by atoms with Gasteiger partial charge in [-0.25, -0.2) is 23.1 Å². The number of hydrogen-bond acceptors (Lipinski definition) is 10. The molecule has 0 unspecified atom stereocenters. The number of carbonyl (C=O) groups excluding carboxylic acids is 1. The summed E-state index contributed by atoms with van der Waals surface area (Å²) >= 11 is 6.53. The molecule has 4 N–H and O–H groups in total. The third kappa shape index (κ3) is 8.52. The first kappa shape index (κ1) is 31.9. The first-order valence-electron chi connectivity index (χ1n) is 14.4. The zero-order valence-electron chi connectivity index (χ0n) is 24.2. The second kappa shape index (κ2) is 14.4. The summed E-state index contributed by atoms with van der Waals surface area (Å²) in [5.74, 6) is -0.0146. The molecule has 1 amide bonds. The molecule has 0 saturated carbocycles. The highest BCUT2D eigenvalue weighted by Crippen LogP contribution is 2.30. The Morgan fingerprint density at radius 1 is 1.14 bits per heavy atom. The van der Waals surface area contributed by atoms with Gasteiger partial charge in [-0.3, -0.25) is 14.6 Å². The number of benzene rings is 1. The Labute approximate surface area is 253 Å². The molecule has 12 nitrogen and oxygen atoms in total. The van der Waals surface area contributed by atoms with E-state index in [2.05, 4.69) is 47.7 Å². The molecule has 1 atom stereocenters. The summed E-state index contributed by atoms with van der Waals surface area (Å²) in [5.41, 5.74) is 8.01. The summed E-state index contributed by atoms with van der Waals surface area (Å²) in [6.07, 6.45) is 4.69. The van der Waals surface area contributed by atoms with Crippen molar-refractivity contribution >= 4 is 39.2 Å². The number of nitrogen functional groups attached to an aromatic ring is 1. The van der Waals surface area contributed by atoms with E-state index in [4.69, 9.17) is 22.6 Å². The number of amides is 1. The average molecular weight is 618 g/mol. The van der Waals surface area contributed by atoms with Crippen LogP contribution in [0, 0.1) is 11.3 Å². The van der Waals surface area contributed by atoms with Gasteiger partial charge in [-0.1, -0.05) is 30.7 Å². The van der Waals surface area contributed by atoms with Crippen molar-refractivity contribution in [3.05, 3.63) is 46.2 Å². The van der Waals surface area contributed by atoms with Crippen molar-refractivity contribution in [3.63, 3.8) is 0 Å². The Kier molecular flexibility index (Phi) is 11.0. The van der Waals surface area contributed by atoms with Gasteiger partial charge in [-0.05, 0) is 56.5 Å². The number of nitrogens with two attached hydrogens (primary N) is 1. The minimum atomic E-state index is -3.28. The van der Waals surface area contributed by atoms with E-state index in [0.717, 1.165) is 64.8 Å². The highest BCUT2D eigenvalue weighted by molar-refractivity contribution is 7.88. The van der Waals surface area contributed by atoms with Gasteiger partial charge in [0.2, 0.25) is 10.0 Å². The number of rotatable bonds is 11. The van der Waals surface area contributed by atoms with Crippen LogP contribution >= 0.6 is 11.6 Å². The van der Waals surface area contributed by atoms with Crippen molar-refractivity contribution in [1.82, 2.24) is 29.8 Å². The summed E-state index contributed by atoms with van der Waals surface area (Å²) in [4.78, 5) is 28.6. The van der Waals surface area contributed by atoms with Crippen LogP contribution in [0.4, 0.5) is 11.6 Å². The topological polar surface area (TPSA) is 161 Å². The molecule has 4 rings (SSSR count). The van der Waals surface area contributed by atoms with E-state index in [1.165, 1.54) is 5.56 Å². The summed E-state index contributed by atoms with van der Waals surface area (Å²) in [5, 5.41) is 11.8. The number of nitrogens with zero attached hydrogens (tertiary/aromatic N) is 6. The molecule has 0 bridgehead atoms. The molecule has 1 aromatic heterocycles. The minimum Gasteiger partial charge on any atom is -0.382 e. The Hall–Kier alpha value is -3.02. The molecule has 2 aromatic rings. The number of nitriles is 1. The Morgan fingerprint density at radius 3 is 2.50 bits per heavy atom. The van der Waals surface area contributed by atoms with E-state index in [1.54, 1.807) is 0 Å². The monoisotopic (exact) mass is 617 g/mol.